The van der Waals surface area contributed by atoms with Crippen molar-refractivity contribution in [2.75, 3.05) is 13.1 Å². The maximum absolute atomic E-state index is 6.28. The van der Waals surface area contributed by atoms with Crippen LogP contribution in [0.5, 0.6) is 0 Å². The molecule has 0 amide bonds. The summed E-state index contributed by atoms with van der Waals surface area (Å²) < 4.78 is 6.28. The molecule has 0 aromatic heterocycles. The van der Waals surface area contributed by atoms with Crippen LogP contribution in [0.15, 0.2) is 0 Å². The second-order valence-corrected chi connectivity index (χ2v) is 5.60. The molecule has 0 aliphatic heterocycles. The summed E-state index contributed by atoms with van der Waals surface area (Å²) in [4.78, 5) is 0. The van der Waals surface area contributed by atoms with Crippen molar-refractivity contribution in [2.24, 2.45) is 5.92 Å². The number of hydrogen-bond donors (Lipinski definition) is 1. The lowest BCUT2D eigenvalue weighted by Gasteiger charge is -2.44. The van der Waals surface area contributed by atoms with Crippen LogP contribution in [-0.2, 0) is 4.74 Å². The van der Waals surface area contributed by atoms with Gasteiger partial charge in [0.1, 0.15) is 0 Å². The van der Waals surface area contributed by atoms with Gasteiger partial charge in [0.15, 0.2) is 0 Å². The number of hydrogen-bond acceptors (Lipinski definition) is 2. The van der Waals surface area contributed by atoms with Gasteiger partial charge in [-0.05, 0) is 58.0 Å². The third kappa shape index (κ3) is 4.06. The zero-order chi connectivity index (χ0) is 12.0. The van der Waals surface area contributed by atoms with E-state index in [1.54, 1.807) is 0 Å². The molecular formula is C14H29NO. The minimum atomic E-state index is 0.213. The quantitative estimate of drug-likeness (QED) is 0.642. The molecule has 16 heavy (non-hydrogen) atoms. The standard InChI is InChI=1S/C14H29NO/c1-5-10-15-11-9-14(7-6-8-14)16-13(4)12(2)3/h12-13,15H,5-11H2,1-4H3. The molecular weight excluding hydrogens is 198 g/mol. The maximum atomic E-state index is 6.28. The van der Waals surface area contributed by atoms with E-state index in [-0.39, 0.29) is 5.60 Å². The molecule has 0 aromatic carbocycles. The molecule has 0 spiro atoms. The number of rotatable bonds is 8. The van der Waals surface area contributed by atoms with Gasteiger partial charge in [-0.3, -0.25) is 0 Å². The summed E-state index contributed by atoms with van der Waals surface area (Å²) in [5, 5.41) is 3.48. The third-order valence-corrected chi connectivity index (χ3v) is 3.82. The SMILES string of the molecule is CCCNCCC1(OC(C)C(C)C)CCC1. The van der Waals surface area contributed by atoms with Gasteiger partial charge in [0.2, 0.25) is 0 Å². The van der Waals surface area contributed by atoms with Crippen molar-refractivity contribution in [3.05, 3.63) is 0 Å². The molecule has 96 valence electrons. The Balaban J connectivity index is 2.27. The average molecular weight is 227 g/mol. The van der Waals surface area contributed by atoms with Crippen LogP contribution in [0, 0.1) is 5.92 Å². The van der Waals surface area contributed by atoms with E-state index in [9.17, 15) is 0 Å². The molecule has 1 fully saturated rings. The predicted molar refractivity (Wildman–Crippen MR) is 69.7 cm³/mol. The van der Waals surface area contributed by atoms with Crippen molar-refractivity contribution in [3.8, 4) is 0 Å². The molecule has 0 bridgehead atoms. The van der Waals surface area contributed by atoms with Crippen molar-refractivity contribution >= 4 is 0 Å². The molecule has 1 unspecified atom stereocenters. The van der Waals surface area contributed by atoms with Gasteiger partial charge in [-0.15, -0.1) is 0 Å². The van der Waals surface area contributed by atoms with E-state index in [0.29, 0.717) is 12.0 Å². The van der Waals surface area contributed by atoms with Crippen molar-refractivity contribution in [1.29, 1.82) is 0 Å². The highest BCUT2D eigenvalue weighted by atomic mass is 16.5. The van der Waals surface area contributed by atoms with Crippen LogP contribution in [0.25, 0.3) is 0 Å². The summed E-state index contributed by atoms with van der Waals surface area (Å²) in [5.74, 6) is 0.626. The topological polar surface area (TPSA) is 21.3 Å². The van der Waals surface area contributed by atoms with Gasteiger partial charge in [0, 0.05) is 0 Å². The Morgan fingerprint density at radius 1 is 1.19 bits per heavy atom. The molecule has 2 heteroatoms. The predicted octanol–water partition coefficient (Wildman–Crippen LogP) is 3.36. The van der Waals surface area contributed by atoms with Gasteiger partial charge < -0.3 is 10.1 Å². The summed E-state index contributed by atoms with van der Waals surface area (Å²) in [6, 6.07) is 0. The zero-order valence-corrected chi connectivity index (χ0v) is 11.5. The van der Waals surface area contributed by atoms with Gasteiger partial charge in [-0.25, -0.2) is 0 Å². The fourth-order valence-corrected chi connectivity index (χ4v) is 2.15. The third-order valence-electron chi connectivity index (χ3n) is 3.82. The average Bonchev–Trinajstić information content (AvgIpc) is 2.19. The van der Waals surface area contributed by atoms with Crippen molar-refractivity contribution < 1.29 is 4.74 Å². The summed E-state index contributed by atoms with van der Waals surface area (Å²) in [7, 11) is 0. The van der Waals surface area contributed by atoms with Gasteiger partial charge >= 0.3 is 0 Å². The first-order chi connectivity index (χ1) is 7.59. The van der Waals surface area contributed by atoms with Gasteiger partial charge in [0.05, 0.1) is 11.7 Å². The van der Waals surface area contributed by atoms with Crippen LogP contribution in [0.1, 0.15) is 59.8 Å². The highest BCUT2D eigenvalue weighted by Crippen LogP contribution is 2.40. The second-order valence-electron chi connectivity index (χ2n) is 5.60. The van der Waals surface area contributed by atoms with Crippen LogP contribution in [0.4, 0.5) is 0 Å². The highest BCUT2D eigenvalue weighted by molar-refractivity contribution is 4.91. The smallest absolute Gasteiger partial charge is 0.0698 e. The monoisotopic (exact) mass is 227 g/mol. The lowest BCUT2D eigenvalue weighted by Crippen LogP contribution is -2.45. The first-order valence-corrected chi connectivity index (χ1v) is 6.98. The summed E-state index contributed by atoms with van der Waals surface area (Å²) in [6.07, 6.45) is 6.67. The molecule has 2 nitrogen and oxygen atoms in total. The number of nitrogens with one attached hydrogen (secondary N) is 1. The summed E-state index contributed by atoms with van der Waals surface area (Å²) in [6.45, 7) is 11.2. The van der Waals surface area contributed by atoms with E-state index < -0.39 is 0 Å². The van der Waals surface area contributed by atoms with E-state index in [0.717, 1.165) is 13.1 Å². The van der Waals surface area contributed by atoms with Crippen molar-refractivity contribution in [3.63, 3.8) is 0 Å². The van der Waals surface area contributed by atoms with Gasteiger partial charge in [-0.1, -0.05) is 20.8 Å². The molecule has 1 rings (SSSR count). The molecule has 1 atom stereocenters. The minimum absolute atomic E-state index is 0.213. The molecule has 0 saturated heterocycles. The summed E-state index contributed by atoms with van der Waals surface area (Å²) in [5.41, 5.74) is 0.213. The molecule has 1 aliphatic carbocycles. The maximum Gasteiger partial charge on any atom is 0.0698 e. The van der Waals surface area contributed by atoms with Crippen molar-refractivity contribution in [2.45, 2.75) is 71.5 Å². The molecule has 1 saturated carbocycles. The Hall–Kier alpha value is -0.0800. The fourth-order valence-electron chi connectivity index (χ4n) is 2.15. The Morgan fingerprint density at radius 3 is 2.31 bits per heavy atom. The largest absolute Gasteiger partial charge is 0.372 e. The van der Waals surface area contributed by atoms with Crippen LogP contribution in [0.2, 0.25) is 0 Å². The lowest BCUT2D eigenvalue weighted by atomic mass is 9.77. The minimum Gasteiger partial charge on any atom is -0.372 e. The van der Waals surface area contributed by atoms with Crippen LogP contribution >= 0.6 is 0 Å². The molecule has 0 heterocycles. The van der Waals surface area contributed by atoms with Crippen molar-refractivity contribution in [1.82, 2.24) is 5.32 Å². The first-order valence-electron chi connectivity index (χ1n) is 6.98. The van der Waals surface area contributed by atoms with Gasteiger partial charge in [-0.2, -0.15) is 0 Å². The summed E-state index contributed by atoms with van der Waals surface area (Å²) >= 11 is 0. The van der Waals surface area contributed by atoms with E-state index >= 15 is 0 Å². The van der Waals surface area contributed by atoms with Crippen LogP contribution in [-0.4, -0.2) is 24.8 Å². The zero-order valence-electron chi connectivity index (χ0n) is 11.5. The molecule has 1 aliphatic rings. The Bertz CT molecular complexity index is 187. The Morgan fingerprint density at radius 2 is 1.88 bits per heavy atom. The van der Waals surface area contributed by atoms with Crippen LogP contribution < -0.4 is 5.32 Å². The highest BCUT2D eigenvalue weighted by Gasteiger charge is 2.39. The fraction of sp³-hybridized carbons (Fsp3) is 1.00. The lowest BCUT2D eigenvalue weighted by molar-refractivity contribution is -0.149. The van der Waals surface area contributed by atoms with E-state index in [2.05, 4.69) is 33.0 Å². The first kappa shape index (κ1) is 14.0. The number of ether oxygens (including phenoxy) is 1. The molecule has 0 aromatic rings. The molecule has 0 radical (unpaired) electrons. The second kappa shape index (κ2) is 6.61. The van der Waals surface area contributed by atoms with E-state index in [1.165, 1.54) is 32.1 Å². The van der Waals surface area contributed by atoms with Gasteiger partial charge in [0.25, 0.3) is 0 Å². The molecule has 1 N–H and O–H groups in total. The normalized spacial score (nSPS) is 20.8. The van der Waals surface area contributed by atoms with E-state index in [4.69, 9.17) is 4.74 Å². The Labute approximate surface area is 101 Å². The van der Waals surface area contributed by atoms with Crippen LogP contribution in [0.3, 0.4) is 0 Å². The van der Waals surface area contributed by atoms with E-state index in [1.807, 2.05) is 0 Å². The Kier molecular flexibility index (Phi) is 5.77.